The van der Waals surface area contributed by atoms with Crippen LogP contribution in [0, 0.1) is 5.82 Å². The molecular formula is C16H23FN2O3S. The Morgan fingerprint density at radius 1 is 1.35 bits per heavy atom. The molecule has 1 fully saturated rings. The molecule has 0 unspecified atom stereocenters. The molecular weight excluding hydrogens is 319 g/mol. The van der Waals surface area contributed by atoms with Crippen molar-refractivity contribution >= 4 is 15.9 Å². The van der Waals surface area contributed by atoms with Gasteiger partial charge in [0.1, 0.15) is 11.9 Å². The number of hydrogen-bond donors (Lipinski definition) is 1. The first-order chi connectivity index (χ1) is 10.9. The van der Waals surface area contributed by atoms with E-state index in [2.05, 4.69) is 5.32 Å². The number of carbonyl (C=O) groups excluding carboxylic acids is 1. The van der Waals surface area contributed by atoms with Gasteiger partial charge in [0, 0.05) is 12.6 Å². The van der Waals surface area contributed by atoms with Gasteiger partial charge in [-0.1, -0.05) is 13.3 Å². The average molecular weight is 342 g/mol. The van der Waals surface area contributed by atoms with Crippen molar-refractivity contribution in [3.8, 4) is 0 Å². The largest absolute Gasteiger partial charge is 0.352 e. The minimum absolute atomic E-state index is 0.000184. The molecule has 1 aliphatic rings. The molecule has 2 rings (SSSR count). The van der Waals surface area contributed by atoms with Crippen LogP contribution in [0.2, 0.25) is 0 Å². The van der Waals surface area contributed by atoms with Crippen LogP contribution in [0.4, 0.5) is 4.39 Å². The lowest BCUT2D eigenvalue weighted by Gasteiger charge is -2.34. The second-order valence-electron chi connectivity index (χ2n) is 5.90. The van der Waals surface area contributed by atoms with Crippen LogP contribution in [-0.4, -0.2) is 37.3 Å². The number of sulfonamides is 1. The Kier molecular flexibility index (Phi) is 5.75. The van der Waals surface area contributed by atoms with E-state index in [1.807, 2.05) is 13.8 Å². The molecule has 1 heterocycles. The van der Waals surface area contributed by atoms with Crippen LogP contribution in [0.15, 0.2) is 29.2 Å². The molecule has 1 aromatic rings. The summed E-state index contributed by atoms with van der Waals surface area (Å²) >= 11 is 0. The van der Waals surface area contributed by atoms with E-state index in [1.54, 1.807) is 0 Å². The van der Waals surface area contributed by atoms with Gasteiger partial charge in [-0.2, -0.15) is 4.31 Å². The lowest BCUT2D eigenvalue weighted by molar-refractivity contribution is -0.126. The Morgan fingerprint density at radius 3 is 2.61 bits per heavy atom. The van der Waals surface area contributed by atoms with E-state index < -0.39 is 21.9 Å². The Hall–Kier alpha value is -1.47. The van der Waals surface area contributed by atoms with E-state index >= 15 is 0 Å². The molecule has 1 aromatic carbocycles. The van der Waals surface area contributed by atoms with Crippen molar-refractivity contribution in [1.29, 1.82) is 0 Å². The summed E-state index contributed by atoms with van der Waals surface area (Å²) in [4.78, 5) is 12.4. The normalized spacial score (nSPS) is 20.9. The topological polar surface area (TPSA) is 66.5 Å². The Morgan fingerprint density at radius 2 is 2.00 bits per heavy atom. The maximum absolute atomic E-state index is 13.0. The number of piperidine rings is 1. The lowest BCUT2D eigenvalue weighted by Crippen LogP contribution is -2.53. The van der Waals surface area contributed by atoms with Crippen LogP contribution in [0.25, 0.3) is 0 Å². The first-order valence-electron chi connectivity index (χ1n) is 7.94. The quantitative estimate of drug-likeness (QED) is 0.893. The molecule has 1 amide bonds. The first-order valence-corrected chi connectivity index (χ1v) is 9.38. The molecule has 0 spiro atoms. The minimum Gasteiger partial charge on any atom is -0.352 e. The highest BCUT2D eigenvalue weighted by molar-refractivity contribution is 7.89. The molecule has 128 valence electrons. The average Bonchev–Trinajstić information content (AvgIpc) is 2.55. The van der Waals surface area contributed by atoms with Crippen molar-refractivity contribution in [2.75, 3.05) is 6.54 Å². The highest BCUT2D eigenvalue weighted by atomic mass is 32.2. The van der Waals surface area contributed by atoms with Gasteiger partial charge in [0.25, 0.3) is 0 Å². The summed E-state index contributed by atoms with van der Waals surface area (Å²) in [6, 6.07) is 4.01. The van der Waals surface area contributed by atoms with Gasteiger partial charge in [-0.15, -0.1) is 0 Å². The van der Waals surface area contributed by atoms with Gasteiger partial charge in [0.2, 0.25) is 15.9 Å². The fraction of sp³-hybridized carbons (Fsp3) is 0.562. The fourth-order valence-electron chi connectivity index (χ4n) is 2.64. The van der Waals surface area contributed by atoms with Crippen molar-refractivity contribution < 1.29 is 17.6 Å². The van der Waals surface area contributed by atoms with Crippen molar-refractivity contribution in [3.05, 3.63) is 30.1 Å². The smallest absolute Gasteiger partial charge is 0.243 e. The van der Waals surface area contributed by atoms with Crippen molar-refractivity contribution in [1.82, 2.24) is 9.62 Å². The molecule has 0 bridgehead atoms. The van der Waals surface area contributed by atoms with Gasteiger partial charge in [0.05, 0.1) is 4.90 Å². The summed E-state index contributed by atoms with van der Waals surface area (Å²) in [5, 5.41) is 2.86. The van der Waals surface area contributed by atoms with E-state index in [0.717, 1.165) is 25.0 Å². The molecule has 1 aliphatic heterocycles. The number of hydrogen-bond acceptors (Lipinski definition) is 3. The van der Waals surface area contributed by atoms with Gasteiger partial charge in [-0.25, -0.2) is 12.8 Å². The van der Waals surface area contributed by atoms with Gasteiger partial charge < -0.3 is 5.32 Å². The number of nitrogens with one attached hydrogen (secondary N) is 1. The first kappa shape index (κ1) is 17.9. The van der Waals surface area contributed by atoms with Crippen LogP contribution in [0.1, 0.15) is 39.5 Å². The van der Waals surface area contributed by atoms with Crippen LogP contribution >= 0.6 is 0 Å². The summed E-state index contributed by atoms with van der Waals surface area (Å²) in [5.41, 5.74) is 0. The number of amides is 1. The van der Waals surface area contributed by atoms with Crippen LogP contribution in [-0.2, 0) is 14.8 Å². The Balaban J connectivity index is 2.26. The minimum atomic E-state index is -3.81. The van der Waals surface area contributed by atoms with Gasteiger partial charge >= 0.3 is 0 Å². The third kappa shape index (κ3) is 4.09. The summed E-state index contributed by atoms with van der Waals surface area (Å²) in [6.07, 6.45) is 2.81. The molecule has 0 aromatic heterocycles. The molecule has 23 heavy (non-hydrogen) atoms. The van der Waals surface area contributed by atoms with Crippen molar-refractivity contribution in [2.24, 2.45) is 0 Å². The number of benzene rings is 1. The summed E-state index contributed by atoms with van der Waals surface area (Å²) in [6.45, 7) is 4.15. The lowest BCUT2D eigenvalue weighted by atomic mass is 10.0. The zero-order valence-corrected chi connectivity index (χ0v) is 14.3. The second-order valence-corrected chi connectivity index (χ2v) is 7.79. The maximum Gasteiger partial charge on any atom is 0.243 e. The number of carbonyl (C=O) groups is 1. The van der Waals surface area contributed by atoms with Crippen LogP contribution < -0.4 is 5.32 Å². The molecule has 1 saturated heterocycles. The monoisotopic (exact) mass is 342 g/mol. The van der Waals surface area contributed by atoms with E-state index in [4.69, 9.17) is 0 Å². The molecule has 1 N–H and O–H groups in total. The van der Waals surface area contributed by atoms with E-state index in [1.165, 1.54) is 16.4 Å². The molecule has 5 nitrogen and oxygen atoms in total. The number of rotatable bonds is 5. The van der Waals surface area contributed by atoms with E-state index in [0.29, 0.717) is 19.4 Å². The van der Waals surface area contributed by atoms with Crippen molar-refractivity contribution in [2.45, 2.75) is 56.5 Å². The molecule has 0 radical (unpaired) electrons. The standard InChI is InChI=1S/C16H23FN2O3S/c1-3-12(2)18-16(20)15-6-4-5-11-19(15)23(21,22)14-9-7-13(17)8-10-14/h7-10,12,15H,3-6,11H2,1-2H3,(H,18,20)/t12-,15-/m1/s1. The zero-order chi connectivity index (χ0) is 17.0. The second kappa shape index (κ2) is 7.40. The summed E-state index contributed by atoms with van der Waals surface area (Å²) < 4.78 is 39.9. The van der Waals surface area contributed by atoms with Crippen LogP contribution in [0.3, 0.4) is 0 Å². The maximum atomic E-state index is 13.0. The van der Waals surface area contributed by atoms with Gasteiger partial charge in [-0.05, 0) is 50.5 Å². The zero-order valence-electron chi connectivity index (χ0n) is 13.5. The third-order valence-electron chi connectivity index (χ3n) is 4.18. The highest BCUT2D eigenvalue weighted by Gasteiger charge is 2.37. The number of nitrogens with zero attached hydrogens (tertiary/aromatic N) is 1. The van der Waals surface area contributed by atoms with E-state index in [-0.39, 0.29) is 16.8 Å². The predicted molar refractivity (Wildman–Crippen MR) is 85.8 cm³/mol. The SMILES string of the molecule is CC[C@@H](C)NC(=O)[C@H]1CCCCN1S(=O)(=O)c1ccc(F)cc1. The van der Waals surface area contributed by atoms with Crippen LogP contribution in [0.5, 0.6) is 0 Å². The molecule has 7 heteroatoms. The summed E-state index contributed by atoms with van der Waals surface area (Å²) in [5.74, 6) is -0.751. The van der Waals surface area contributed by atoms with Crippen molar-refractivity contribution in [3.63, 3.8) is 0 Å². The molecule has 2 atom stereocenters. The number of halogens is 1. The molecule has 0 saturated carbocycles. The van der Waals surface area contributed by atoms with Gasteiger partial charge in [0.15, 0.2) is 0 Å². The Bertz CT molecular complexity index is 646. The third-order valence-corrected chi connectivity index (χ3v) is 6.10. The van der Waals surface area contributed by atoms with Gasteiger partial charge in [-0.3, -0.25) is 4.79 Å². The molecule has 0 aliphatic carbocycles. The summed E-state index contributed by atoms with van der Waals surface area (Å²) in [7, 11) is -3.81. The highest BCUT2D eigenvalue weighted by Crippen LogP contribution is 2.25. The van der Waals surface area contributed by atoms with E-state index in [9.17, 15) is 17.6 Å². The predicted octanol–water partition coefficient (Wildman–Crippen LogP) is 2.28. The Labute approximate surface area is 136 Å². The fourth-order valence-corrected chi connectivity index (χ4v) is 4.29.